The molecule has 0 bridgehead atoms. The summed E-state index contributed by atoms with van der Waals surface area (Å²) >= 11 is 0. The van der Waals surface area contributed by atoms with Crippen LogP contribution in [-0.2, 0) is 16.5 Å². The second-order valence-electron chi connectivity index (χ2n) is 7.91. The highest BCUT2D eigenvalue weighted by Gasteiger charge is 2.10. The van der Waals surface area contributed by atoms with Gasteiger partial charge >= 0.3 is 0 Å². The number of hydrogen-bond donors (Lipinski definition) is 1. The molecule has 0 radical (unpaired) electrons. The molecule has 2 rings (SSSR count). The quantitative estimate of drug-likeness (QED) is 0.265. The van der Waals surface area contributed by atoms with E-state index < -0.39 is 10.1 Å². The lowest BCUT2D eigenvalue weighted by molar-refractivity contribution is 0.483. The van der Waals surface area contributed by atoms with Gasteiger partial charge in [0.05, 0.1) is 4.90 Å². The summed E-state index contributed by atoms with van der Waals surface area (Å²) in [5.74, 6) is 0. The molecular formula is C24H36O3S. The fourth-order valence-corrected chi connectivity index (χ4v) is 4.38. The molecule has 0 amide bonds. The lowest BCUT2D eigenvalue weighted by Gasteiger charge is -2.08. The molecule has 4 heteroatoms. The number of fused-ring (bicyclic) bond motifs is 1. The average Bonchev–Trinajstić information content (AvgIpc) is 2.67. The van der Waals surface area contributed by atoms with E-state index in [2.05, 4.69) is 13.0 Å². The lowest BCUT2D eigenvalue weighted by atomic mass is 9.99. The van der Waals surface area contributed by atoms with Gasteiger partial charge in [0.25, 0.3) is 10.1 Å². The fraction of sp³-hybridized carbons (Fsp3) is 0.583. The third kappa shape index (κ3) is 7.92. The van der Waals surface area contributed by atoms with Crippen molar-refractivity contribution >= 4 is 20.9 Å². The monoisotopic (exact) mass is 404 g/mol. The van der Waals surface area contributed by atoms with Crippen molar-refractivity contribution in [2.75, 3.05) is 0 Å². The van der Waals surface area contributed by atoms with Gasteiger partial charge in [-0.2, -0.15) is 8.42 Å². The van der Waals surface area contributed by atoms with Crippen LogP contribution in [0.1, 0.15) is 89.5 Å². The number of aryl methyl sites for hydroxylation is 1. The Labute approximate surface area is 171 Å². The van der Waals surface area contributed by atoms with E-state index in [-0.39, 0.29) is 4.90 Å². The predicted octanol–water partition coefficient (Wildman–Crippen LogP) is 7.33. The van der Waals surface area contributed by atoms with Gasteiger partial charge < -0.3 is 0 Å². The minimum Gasteiger partial charge on any atom is -0.282 e. The maximum Gasteiger partial charge on any atom is 0.294 e. The van der Waals surface area contributed by atoms with Gasteiger partial charge in [-0.15, -0.1) is 0 Å². The van der Waals surface area contributed by atoms with E-state index in [0.717, 1.165) is 23.6 Å². The molecule has 0 aromatic heterocycles. The second-order valence-corrected chi connectivity index (χ2v) is 9.34. The third-order valence-corrected chi connectivity index (χ3v) is 6.39. The van der Waals surface area contributed by atoms with Crippen LogP contribution in [0, 0.1) is 0 Å². The molecule has 0 aliphatic rings. The number of benzene rings is 2. The first-order valence-corrected chi connectivity index (χ1v) is 12.5. The second kappa shape index (κ2) is 12.2. The largest absolute Gasteiger partial charge is 0.294 e. The van der Waals surface area contributed by atoms with Gasteiger partial charge in [-0.1, -0.05) is 102 Å². The Hall–Kier alpha value is -1.39. The van der Waals surface area contributed by atoms with E-state index in [4.69, 9.17) is 0 Å². The third-order valence-electron chi connectivity index (χ3n) is 5.54. The molecule has 0 fully saturated rings. The molecule has 2 aromatic rings. The van der Waals surface area contributed by atoms with Gasteiger partial charge in [-0.25, -0.2) is 0 Å². The minimum atomic E-state index is -4.15. The Morgan fingerprint density at radius 3 is 1.89 bits per heavy atom. The molecule has 0 saturated carbocycles. The van der Waals surface area contributed by atoms with Crippen LogP contribution in [0.3, 0.4) is 0 Å². The molecule has 156 valence electrons. The summed E-state index contributed by atoms with van der Waals surface area (Å²) in [5, 5.41) is 1.95. The van der Waals surface area contributed by atoms with Crippen LogP contribution in [-0.4, -0.2) is 13.0 Å². The maximum atomic E-state index is 11.3. The normalized spacial score (nSPS) is 11.9. The lowest BCUT2D eigenvalue weighted by Crippen LogP contribution is -1.98. The van der Waals surface area contributed by atoms with Gasteiger partial charge in [0.2, 0.25) is 0 Å². The highest BCUT2D eigenvalue weighted by atomic mass is 32.2. The van der Waals surface area contributed by atoms with Crippen molar-refractivity contribution in [2.24, 2.45) is 0 Å². The molecule has 0 heterocycles. The van der Waals surface area contributed by atoms with E-state index in [1.165, 1.54) is 82.3 Å². The number of unbranched alkanes of at least 4 members (excludes halogenated alkanes) is 11. The van der Waals surface area contributed by atoms with E-state index in [9.17, 15) is 13.0 Å². The zero-order valence-electron chi connectivity index (χ0n) is 17.3. The molecule has 3 nitrogen and oxygen atoms in total. The summed E-state index contributed by atoms with van der Waals surface area (Å²) in [6, 6.07) is 10.8. The molecule has 0 spiro atoms. The first-order valence-electron chi connectivity index (χ1n) is 11.0. The molecule has 0 aliphatic carbocycles. The highest BCUT2D eigenvalue weighted by molar-refractivity contribution is 7.85. The summed E-state index contributed by atoms with van der Waals surface area (Å²) in [6.45, 7) is 2.26. The summed E-state index contributed by atoms with van der Waals surface area (Å²) in [6.07, 6.45) is 17.1. The molecule has 2 aromatic carbocycles. The van der Waals surface area contributed by atoms with Crippen LogP contribution in [0.4, 0.5) is 0 Å². The summed E-state index contributed by atoms with van der Waals surface area (Å²) < 4.78 is 31.8. The molecule has 28 heavy (non-hydrogen) atoms. The van der Waals surface area contributed by atoms with Gasteiger partial charge in [-0.3, -0.25) is 4.55 Å². The summed E-state index contributed by atoms with van der Waals surface area (Å²) in [4.78, 5) is -0.0393. The Balaban J connectivity index is 1.66. The standard InChI is InChI=1S/C24H36O3S/c1-2-3-4-5-6-7-8-9-10-11-12-13-15-21-16-14-17-22-20-23(28(25,26)27)18-19-24(21)22/h14,16-20H,2-13,15H2,1H3,(H,25,26,27). The van der Waals surface area contributed by atoms with Crippen LogP contribution < -0.4 is 0 Å². The van der Waals surface area contributed by atoms with E-state index in [1.54, 1.807) is 6.07 Å². The van der Waals surface area contributed by atoms with Gasteiger partial charge in [0.15, 0.2) is 0 Å². The van der Waals surface area contributed by atoms with Gasteiger partial charge in [0, 0.05) is 0 Å². The molecule has 1 N–H and O–H groups in total. The molecule has 0 atom stereocenters. The minimum absolute atomic E-state index is 0.0393. The highest BCUT2D eigenvalue weighted by Crippen LogP contribution is 2.24. The Morgan fingerprint density at radius 2 is 1.32 bits per heavy atom. The van der Waals surface area contributed by atoms with Crippen LogP contribution in [0.25, 0.3) is 10.8 Å². The van der Waals surface area contributed by atoms with Crippen molar-refractivity contribution < 1.29 is 13.0 Å². The SMILES string of the molecule is CCCCCCCCCCCCCCc1cccc2cc(S(=O)(=O)O)ccc12. The molecule has 0 saturated heterocycles. The molecule has 0 unspecified atom stereocenters. The molecular weight excluding hydrogens is 368 g/mol. The molecule has 0 aliphatic heterocycles. The number of hydrogen-bond acceptors (Lipinski definition) is 2. The van der Waals surface area contributed by atoms with Crippen molar-refractivity contribution in [3.63, 3.8) is 0 Å². The summed E-state index contributed by atoms with van der Waals surface area (Å²) in [5.41, 5.74) is 1.26. The van der Waals surface area contributed by atoms with Crippen molar-refractivity contribution in [2.45, 2.75) is 95.3 Å². The van der Waals surface area contributed by atoms with Crippen LogP contribution >= 0.6 is 0 Å². The fourth-order valence-electron chi connectivity index (χ4n) is 3.86. The van der Waals surface area contributed by atoms with Crippen LogP contribution in [0.5, 0.6) is 0 Å². The van der Waals surface area contributed by atoms with Gasteiger partial charge in [-0.05, 0) is 41.3 Å². The van der Waals surface area contributed by atoms with Crippen molar-refractivity contribution in [1.82, 2.24) is 0 Å². The van der Waals surface area contributed by atoms with Crippen LogP contribution in [0.2, 0.25) is 0 Å². The van der Waals surface area contributed by atoms with Gasteiger partial charge in [0.1, 0.15) is 0 Å². The zero-order valence-corrected chi connectivity index (χ0v) is 18.1. The predicted molar refractivity (Wildman–Crippen MR) is 119 cm³/mol. The summed E-state index contributed by atoms with van der Waals surface area (Å²) in [7, 11) is -4.15. The van der Waals surface area contributed by atoms with E-state index >= 15 is 0 Å². The van der Waals surface area contributed by atoms with E-state index in [1.807, 2.05) is 18.2 Å². The van der Waals surface area contributed by atoms with Crippen LogP contribution in [0.15, 0.2) is 41.3 Å². The topological polar surface area (TPSA) is 54.4 Å². The first-order chi connectivity index (χ1) is 13.5. The average molecular weight is 405 g/mol. The van der Waals surface area contributed by atoms with E-state index in [0.29, 0.717) is 0 Å². The zero-order chi connectivity index (χ0) is 20.2. The Kier molecular flexibility index (Phi) is 10.0. The smallest absolute Gasteiger partial charge is 0.282 e. The first kappa shape index (κ1) is 22.9. The maximum absolute atomic E-state index is 11.3. The Morgan fingerprint density at radius 1 is 0.750 bits per heavy atom. The Bertz CT molecular complexity index is 812. The van der Waals surface area contributed by atoms with Crippen molar-refractivity contribution in [3.8, 4) is 0 Å². The van der Waals surface area contributed by atoms with Crippen molar-refractivity contribution in [3.05, 3.63) is 42.0 Å². The number of rotatable bonds is 14. The van der Waals surface area contributed by atoms with Crippen molar-refractivity contribution in [1.29, 1.82) is 0 Å².